The first-order chi connectivity index (χ1) is 8.60. The molecule has 1 saturated heterocycles. The molecule has 1 heterocycles. The summed E-state index contributed by atoms with van der Waals surface area (Å²) in [6, 6.07) is 5.19. The zero-order valence-corrected chi connectivity index (χ0v) is 11.5. The van der Waals surface area contributed by atoms with Gasteiger partial charge in [0.2, 0.25) is 0 Å². The van der Waals surface area contributed by atoms with E-state index in [1.807, 2.05) is 0 Å². The van der Waals surface area contributed by atoms with Crippen molar-refractivity contribution < 1.29 is 9.53 Å². The Morgan fingerprint density at radius 3 is 2.89 bits per heavy atom. The molecule has 0 amide bonds. The number of rotatable bonds is 4. The van der Waals surface area contributed by atoms with Gasteiger partial charge in [0.25, 0.3) is 0 Å². The van der Waals surface area contributed by atoms with Crippen molar-refractivity contribution in [2.24, 2.45) is 5.92 Å². The predicted octanol–water partition coefficient (Wildman–Crippen LogP) is 2.87. The maximum atomic E-state index is 12.1. The molecule has 1 aliphatic rings. The van der Waals surface area contributed by atoms with Crippen LogP contribution in [0.25, 0.3) is 0 Å². The van der Waals surface area contributed by atoms with Crippen LogP contribution in [0.2, 0.25) is 5.02 Å². The van der Waals surface area contributed by atoms with E-state index in [0.717, 1.165) is 13.1 Å². The van der Waals surface area contributed by atoms with Gasteiger partial charge in [-0.2, -0.15) is 0 Å². The molecular weight excluding hydrogens is 250 g/mol. The molecule has 1 unspecified atom stereocenters. The monoisotopic (exact) mass is 267 g/mol. The Kier molecular flexibility index (Phi) is 4.25. The first-order valence-corrected chi connectivity index (χ1v) is 6.57. The summed E-state index contributed by atoms with van der Waals surface area (Å²) in [7, 11) is 1.56. The molecule has 3 nitrogen and oxygen atoms in total. The van der Waals surface area contributed by atoms with Gasteiger partial charge in [0.05, 0.1) is 18.7 Å². The van der Waals surface area contributed by atoms with Crippen LogP contribution in [-0.2, 0) is 0 Å². The Morgan fingerprint density at radius 2 is 2.33 bits per heavy atom. The lowest BCUT2D eigenvalue weighted by Crippen LogP contribution is -2.27. The summed E-state index contributed by atoms with van der Waals surface area (Å²) in [6.07, 6.45) is 1.18. The molecule has 0 bridgehead atoms. The number of hydrogen-bond donors (Lipinski definition) is 0. The van der Waals surface area contributed by atoms with E-state index in [9.17, 15) is 4.79 Å². The topological polar surface area (TPSA) is 29.5 Å². The lowest BCUT2D eigenvalue weighted by Gasteiger charge is -2.14. The van der Waals surface area contributed by atoms with Crippen molar-refractivity contribution in [2.45, 2.75) is 13.3 Å². The van der Waals surface area contributed by atoms with Gasteiger partial charge in [-0.05, 0) is 37.1 Å². The quantitative estimate of drug-likeness (QED) is 0.786. The molecule has 4 heteroatoms. The summed E-state index contributed by atoms with van der Waals surface area (Å²) in [6.45, 7) is 4.72. The zero-order chi connectivity index (χ0) is 13.1. The van der Waals surface area contributed by atoms with Crippen LogP contribution in [0.5, 0.6) is 5.75 Å². The van der Waals surface area contributed by atoms with Crippen molar-refractivity contribution in [3.8, 4) is 5.75 Å². The van der Waals surface area contributed by atoms with E-state index in [4.69, 9.17) is 16.3 Å². The molecule has 2 rings (SSSR count). The van der Waals surface area contributed by atoms with Gasteiger partial charge in [-0.25, -0.2) is 0 Å². The molecule has 1 aliphatic heterocycles. The highest BCUT2D eigenvalue weighted by molar-refractivity contribution is 6.32. The highest BCUT2D eigenvalue weighted by atomic mass is 35.5. The highest BCUT2D eigenvalue weighted by Crippen LogP contribution is 2.25. The number of hydrogen-bond acceptors (Lipinski definition) is 3. The van der Waals surface area contributed by atoms with Crippen molar-refractivity contribution in [3.05, 3.63) is 28.8 Å². The van der Waals surface area contributed by atoms with Gasteiger partial charge < -0.3 is 4.74 Å². The molecule has 1 aromatic rings. The molecule has 0 aliphatic carbocycles. The first-order valence-electron chi connectivity index (χ1n) is 6.19. The van der Waals surface area contributed by atoms with Gasteiger partial charge in [0, 0.05) is 12.1 Å². The van der Waals surface area contributed by atoms with Crippen LogP contribution in [0, 0.1) is 5.92 Å². The predicted molar refractivity (Wildman–Crippen MR) is 72.6 cm³/mol. The number of benzene rings is 1. The van der Waals surface area contributed by atoms with Crippen LogP contribution in [0.15, 0.2) is 18.2 Å². The van der Waals surface area contributed by atoms with E-state index in [1.165, 1.54) is 6.42 Å². The minimum Gasteiger partial charge on any atom is -0.495 e. The van der Waals surface area contributed by atoms with E-state index in [1.54, 1.807) is 25.3 Å². The fraction of sp³-hybridized carbons (Fsp3) is 0.500. The summed E-state index contributed by atoms with van der Waals surface area (Å²) in [5.74, 6) is 1.41. The molecular formula is C14H18ClNO2. The molecule has 0 radical (unpaired) electrons. The second-order valence-electron chi connectivity index (χ2n) is 4.90. The van der Waals surface area contributed by atoms with E-state index in [-0.39, 0.29) is 5.78 Å². The Morgan fingerprint density at radius 1 is 1.56 bits per heavy atom. The highest BCUT2D eigenvalue weighted by Gasteiger charge is 2.21. The van der Waals surface area contributed by atoms with E-state index in [0.29, 0.717) is 28.8 Å². The number of carbonyl (C=O) groups is 1. The molecule has 98 valence electrons. The Labute approximate surface area is 113 Å². The third-order valence-corrected chi connectivity index (χ3v) is 3.64. The van der Waals surface area contributed by atoms with Crippen LogP contribution < -0.4 is 4.74 Å². The Bertz CT molecular complexity index is 447. The average molecular weight is 268 g/mol. The standard InChI is InChI=1S/C14H18ClNO2/c1-10-5-6-16(8-10)9-13(17)11-3-4-14(18-2)12(15)7-11/h3-4,7,10H,5-6,8-9H2,1-2H3. The van der Waals surface area contributed by atoms with Gasteiger partial charge in [0.15, 0.2) is 5.78 Å². The summed E-state index contributed by atoms with van der Waals surface area (Å²) in [5, 5.41) is 0.484. The van der Waals surface area contributed by atoms with Gasteiger partial charge in [-0.15, -0.1) is 0 Å². The van der Waals surface area contributed by atoms with Crippen molar-refractivity contribution in [3.63, 3.8) is 0 Å². The Hall–Kier alpha value is -1.06. The van der Waals surface area contributed by atoms with Crippen molar-refractivity contribution >= 4 is 17.4 Å². The third kappa shape index (κ3) is 3.03. The average Bonchev–Trinajstić information content (AvgIpc) is 2.74. The van der Waals surface area contributed by atoms with Gasteiger partial charge in [-0.3, -0.25) is 9.69 Å². The van der Waals surface area contributed by atoms with Crippen LogP contribution in [0.4, 0.5) is 0 Å². The largest absolute Gasteiger partial charge is 0.495 e. The number of halogens is 1. The molecule has 1 fully saturated rings. The number of nitrogens with zero attached hydrogens (tertiary/aromatic N) is 1. The summed E-state index contributed by atoms with van der Waals surface area (Å²) in [5.41, 5.74) is 0.653. The van der Waals surface area contributed by atoms with Crippen LogP contribution in [-0.4, -0.2) is 37.4 Å². The maximum absolute atomic E-state index is 12.1. The van der Waals surface area contributed by atoms with E-state index < -0.39 is 0 Å². The van der Waals surface area contributed by atoms with E-state index in [2.05, 4.69) is 11.8 Å². The normalized spacial score (nSPS) is 20.1. The third-order valence-electron chi connectivity index (χ3n) is 3.35. The number of carbonyl (C=O) groups excluding carboxylic acids is 1. The second-order valence-corrected chi connectivity index (χ2v) is 5.31. The molecule has 0 spiro atoms. The van der Waals surface area contributed by atoms with Gasteiger partial charge in [-0.1, -0.05) is 18.5 Å². The number of ether oxygens (including phenoxy) is 1. The van der Waals surface area contributed by atoms with Crippen molar-refractivity contribution in [2.75, 3.05) is 26.7 Å². The summed E-state index contributed by atoms with van der Waals surface area (Å²) < 4.78 is 5.07. The zero-order valence-electron chi connectivity index (χ0n) is 10.8. The smallest absolute Gasteiger partial charge is 0.176 e. The van der Waals surface area contributed by atoms with Crippen molar-refractivity contribution in [1.29, 1.82) is 0 Å². The maximum Gasteiger partial charge on any atom is 0.176 e. The fourth-order valence-corrected chi connectivity index (χ4v) is 2.56. The molecule has 18 heavy (non-hydrogen) atoms. The van der Waals surface area contributed by atoms with E-state index >= 15 is 0 Å². The minimum absolute atomic E-state index is 0.119. The molecule has 1 atom stereocenters. The SMILES string of the molecule is COc1ccc(C(=O)CN2CCC(C)C2)cc1Cl. The molecule has 0 saturated carbocycles. The number of ketones is 1. The summed E-state index contributed by atoms with van der Waals surface area (Å²) >= 11 is 6.02. The number of Topliss-reactive ketones (excluding diaryl/α,β-unsaturated/α-hetero) is 1. The van der Waals surface area contributed by atoms with Crippen LogP contribution in [0.1, 0.15) is 23.7 Å². The lowest BCUT2D eigenvalue weighted by atomic mass is 10.1. The molecule has 1 aromatic carbocycles. The lowest BCUT2D eigenvalue weighted by molar-refractivity contribution is 0.0943. The van der Waals surface area contributed by atoms with Gasteiger partial charge in [0.1, 0.15) is 5.75 Å². The van der Waals surface area contributed by atoms with Crippen LogP contribution >= 0.6 is 11.6 Å². The first kappa shape index (κ1) is 13.4. The second kappa shape index (κ2) is 5.72. The Balaban J connectivity index is 2.02. The van der Waals surface area contributed by atoms with Crippen LogP contribution in [0.3, 0.4) is 0 Å². The minimum atomic E-state index is 0.119. The molecule has 0 N–H and O–H groups in total. The number of methoxy groups -OCH3 is 1. The summed E-state index contributed by atoms with van der Waals surface area (Å²) in [4.78, 5) is 14.3. The van der Waals surface area contributed by atoms with Crippen molar-refractivity contribution in [1.82, 2.24) is 4.90 Å². The molecule has 0 aromatic heterocycles. The van der Waals surface area contributed by atoms with Gasteiger partial charge >= 0.3 is 0 Å². The number of likely N-dealkylation sites (tertiary alicyclic amines) is 1. The fourth-order valence-electron chi connectivity index (χ4n) is 2.30.